The fraction of sp³-hybridized carbons (Fsp3) is 0.462. The molecule has 16 heavy (non-hydrogen) atoms. The molecule has 0 saturated carbocycles. The molecule has 1 aliphatic heterocycles. The smallest absolute Gasteiger partial charge is 0.196 e. The lowest BCUT2D eigenvalue weighted by molar-refractivity contribution is 0.430. The topological polar surface area (TPSA) is 41.6 Å². The Bertz CT molecular complexity index is 337. The van der Waals surface area contributed by atoms with Crippen molar-refractivity contribution in [1.82, 2.24) is 4.90 Å². The lowest BCUT2D eigenvalue weighted by Gasteiger charge is -2.20. The van der Waals surface area contributed by atoms with E-state index < -0.39 is 0 Å². The van der Waals surface area contributed by atoms with Gasteiger partial charge in [0.25, 0.3) is 0 Å². The molecule has 0 aliphatic carbocycles. The predicted molar refractivity (Wildman–Crippen MR) is 67.8 cm³/mol. The molecule has 86 valence electrons. The minimum absolute atomic E-state index is 0.660. The normalized spacial score (nSPS) is 18.2. The van der Waals surface area contributed by atoms with Crippen LogP contribution in [0.4, 0.5) is 5.69 Å². The van der Waals surface area contributed by atoms with Gasteiger partial charge in [-0.25, -0.2) is 4.99 Å². The maximum absolute atomic E-state index is 6.03. The molecule has 3 heteroatoms. The molecule has 0 unspecified atom stereocenters. The summed E-state index contributed by atoms with van der Waals surface area (Å²) < 4.78 is 0. The maximum atomic E-state index is 6.03. The van der Waals surface area contributed by atoms with Crippen LogP contribution >= 0.6 is 0 Å². The maximum Gasteiger partial charge on any atom is 0.196 e. The van der Waals surface area contributed by atoms with E-state index in [-0.39, 0.29) is 0 Å². The van der Waals surface area contributed by atoms with E-state index in [9.17, 15) is 0 Å². The summed E-state index contributed by atoms with van der Waals surface area (Å²) in [6.07, 6.45) is 5.08. The van der Waals surface area contributed by atoms with Gasteiger partial charge in [0.15, 0.2) is 5.96 Å². The summed E-state index contributed by atoms with van der Waals surface area (Å²) in [7, 11) is 0. The van der Waals surface area contributed by atoms with Crippen LogP contribution in [0, 0.1) is 0 Å². The molecule has 0 atom stereocenters. The van der Waals surface area contributed by atoms with Crippen molar-refractivity contribution in [3.63, 3.8) is 0 Å². The van der Waals surface area contributed by atoms with Gasteiger partial charge in [-0.3, -0.25) is 0 Å². The molecule has 1 saturated heterocycles. The first-order chi connectivity index (χ1) is 7.86. The summed E-state index contributed by atoms with van der Waals surface area (Å²) in [5.41, 5.74) is 6.96. The Labute approximate surface area is 97.0 Å². The van der Waals surface area contributed by atoms with E-state index in [1.54, 1.807) is 0 Å². The molecule has 1 aromatic carbocycles. The first-order valence-electron chi connectivity index (χ1n) is 6.00. The van der Waals surface area contributed by atoms with Crippen LogP contribution in [-0.2, 0) is 0 Å². The molecule has 1 aromatic rings. The Morgan fingerprint density at radius 1 is 1.00 bits per heavy atom. The molecular formula is C13H19N3. The molecular weight excluding hydrogens is 198 g/mol. The monoisotopic (exact) mass is 217 g/mol. The van der Waals surface area contributed by atoms with Crippen LogP contribution in [0.5, 0.6) is 0 Å². The summed E-state index contributed by atoms with van der Waals surface area (Å²) in [5.74, 6) is 0.660. The number of guanidine groups is 1. The molecule has 0 aromatic heterocycles. The zero-order valence-corrected chi connectivity index (χ0v) is 9.60. The minimum atomic E-state index is 0.660. The van der Waals surface area contributed by atoms with E-state index in [1.165, 1.54) is 25.7 Å². The number of likely N-dealkylation sites (tertiary alicyclic amines) is 1. The molecule has 0 spiro atoms. The highest BCUT2D eigenvalue weighted by atomic mass is 15.2. The van der Waals surface area contributed by atoms with Gasteiger partial charge in [0, 0.05) is 13.1 Å². The molecule has 0 radical (unpaired) electrons. The van der Waals surface area contributed by atoms with Crippen molar-refractivity contribution in [2.45, 2.75) is 25.7 Å². The van der Waals surface area contributed by atoms with E-state index in [2.05, 4.69) is 9.89 Å². The second-order valence-corrected chi connectivity index (χ2v) is 4.21. The summed E-state index contributed by atoms with van der Waals surface area (Å²) in [5, 5.41) is 0. The Balaban J connectivity index is 2.05. The Hall–Kier alpha value is -1.51. The first kappa shape index (κ1) is 11.0. The summed E-state index contributed by atoms with van der Waals surface area (Å²) in [6.45, 7) is 2.09. The van der Waals surface area contributed by atoms with Crippen LogP contribution in [0.1, 0.15) is 25.7 Å². The number of nitrogens with zero attached hydrogens (tertiary/aromatic N) is 2. The highest BCUT2D eigenvalue weighted by Crippen LogP contribution is 2.13. The van der Waals surface area contributed by atoms with Crippen molar-refractivity contribution in [2.75, 3.05) is 13.1 Å². The quantitative estimate of drug-likeness (QED) is 0.580. The second-order valence-electron chi connectivity index (χ2n) is 4.21. The van der Waals surface area contributed by atoms with Crippen molar-refractivity contribution in [3.05, 3.63) is 30.3 Å². The number of nitrogens with two attached hydrogens (primary N) is 1. The van der Waals surface area contributed by atoms with Crippen LogP contribution < -0.4 is 5.73 Å². The van der Waals surface area contributed by atoms with Crippen molar-refractivity contribution in [1.29, 1.82) is 0 Å². The van der Waals surface area contributed by atoms with Crippen LogP contribution in [0.2, 0.25) is 0 Å². The third kappa shape index (κ3) is 2.99. The van der Waals surface area contributed by atoms with Gasteiger partial charge in [-0.15, -0.1) is 0 Å². The van der Waals surface area contributed by atoms with Gasteiger partial charge in [0.05, 0.1) is 5.69 Å². The average molecular weight is 217 g/mol. The Kier molecular flexibility index (Phi) is 3.81. The molecule has 0 bridgehead atoms. The van der Waals surface area contributed by atoms with Gasteiger partial charge in [0.1, 0.15) is 0 Å². The fourth-order valence-electron chi connectivity index (χ4n) is 2.01. The molecule has 0 amide bonds. The first-order valence-corrected chi connectivity index (χ1v) is 6.00. The van der Waals surface area contributed by atoms with Crippen molar-refractivity contribution >= 4 is 11.6 Å². The zero-order valence-electron chi connectivity index (χ0n) is 9.60. The SMILES string of the molecule is NC(=Nc1ccccc1)N1CCCCCC1. The third-order valence-corrected chi connectivity index (χ3v) is 2.93. The highest BCUT2D eigenvalue weighted by Gasteiger charge is 2.10. The standard InChI is InChI=1S/C13H19N3/c14-13(15-12-8-4-3-5-9-12)16-10-6-1-2-7-11-16/h3-5,8-9H,1-2,6-7,10-11H2,(H2,14,15). The highest BCUT2D eigenvalue weighted by molar-refractivity contribution is 5.81. The summed E-state index contributed by atoms with van der Waals surface area (Å²) >= 11 is 0. The molecule has 1 heterocycles. The van der Waals surface area contributed by atoms with E-state index in [4.69, 9.17) is 5.73 Å². The van der Waals surface area contributed by atoms with E-state index in [0.717, 1.165) is 18.8 Å². The van der Waals surface area contributed by atoms with Crippen LogP contribution in [0.15, 0.2) is 35.3 Å². The van der Waals surface area contributed by atoms with Gasteiger partial charge < -0.3 is 10.6 Å². The van der Waals surface area contributed by atoms with Gasteiger partial charge >= 0.3 is 0 Å². The van der Waals surface area contributed by atoms with Crippen LogP contribution in [0.3, 0.4) is 0 Å². The third-order valence-electron chi connectivity index (χ3n) is 2.93. The van der Waals surface area contributed by atoms with Crippen LogP contribution in [0.25, 0.3) is 0 Å². The van der Waals surface area contributed by atoms with E-state index in [0.29, 0.717) is 5.96 Å². The Morgan fingerprint density at radius 3 is 2.25 bits per heavy atom. The average Bonchev–Trinajstić information content (AvgIpc) is 2.59. The van der Waals surface area contributed by atoms with Crippen LogP contribution in [-0.4, -0.2) is 23.9 Å². The largest absolute Gasteiger partial charge is 0.369 e. The summed E-state index contributed by atoms with van der Waals surface area (Å²) in [4.78, 5) is 6.64. The summed E-state index contributed by atoms with van der Waals surface area (Å²) in [6, 6.07) is 9.90. The number of aliphatic imine (C=N–C) groups is 1. The lowest BCUT2D eigenvalue weighted by atomic mass is 10.2. The predicted octanol–water partition coefficient (Wildman–Crippen LogP) is 2.51. The fourth-order valence-corrected chi connectivity index (χ4v) is 2.01. The number of hydrogen-bond acceptors (Lipinski definition) is 1. The van der Waals surface area contributed by atoms with Gasteiger partial charge in [-0.1, -0.05) is 31.0 Å². The van der Waals surface area contributed by atoms with Gasteiger partial charge in [-0.05, 0) is 25.0 Å². The van der Waals surface area contributed by atoms with Crippen molar-refractivity contribution in [2.24, 2.45) is 10.7 Å². The number of benzene rings is 1. The number of para-hydroxylation sites is 1. The number of rotatable bonds is 1. The van der Waals surface area contributed by atoms with E-state index >= 15 is 0 Å². The van der Waals surface area contributed by atoms with Gasteiger partial charge in [0.2, 0.25) is 0 Å². The molecule has 3 nitrogen and oxygen atoms in total. The molecule has 1 fully saturated rings. The number of hydrogen-bond donors (Lipinski definition) is 1. The lowest BCUT2D eigenvalue weighted by Crippen LogP contribution is -2.37. The van der Waals surface area contributed by atoms with Crippen molar-refractivity contribution in [3.8, 4) is 0 Å². The zero-order chi connectivity index (χ0) is 11.2. The second kappa shape index (κ2) is 5.54. The minimum Gasteiger partial charge on any atom is -0.369 e. The molecule has 2 N–H and O–H groups in total. The Morgan fingerprint density at radius 2 is 1.62 bits per heavy atom. The molecule has 1 aliphatic rings. The van der Waals surface area contributed by atoms with Crippen molar-refractivity contribution < 1.29 is 0 Å². The van der Waals surface area contributed by atoms with Gasteiger partial charge in [-0.2, -0.15) is 0 Å². The molecule has 2 rings (SSSR count). The van der Waals surface area contributed by atoms with E-state index in [1.807, 2.05) is 30.3 Å².